The van der Waals surface area contributed by atoms with Crippen LogP contribution in [0.15, 0.2) is 34.8 Å². The quantitative estimate of drug-likeness (QED) is 0.563. The predicted molar refractivity (Wildman–Crippen MR) is 72.2 cm³/mol. The van der Waals surface area contributed by atoms with E-state index in [0.29, 0.717) is 6.07 Å². The summed E-state index contributed by atoms with van der Waals surface area (Å²) < 4.78 is 31.7. The first-order valence-electron chi connectivity index (χ1n) is 5.15. The summed E-state index contributed by atoms with van der Waals surface area (Å²) in [6, 6.07) is 5.18. The summed E-state index contributed by atoms with van der Waals surface area (Å²) in [5.74, 6) is -1.54. The molecule has 0 saturated heterocycles. The highest BCUT2D eigenvalue weighted by atomic mass is 79.9. The van der Waals surface area contributed by atoms with Crippen molar-refractivity contribution in [2.45, 2.75) is 0 Å². The monoisotopic (exact) mass is 363 g/mol. The van der Waals surface area contributed by atoms with Crippen LogP contribution in [0.3, 0.4) is 0 Å². The lowest BCUT2D eigenvalue weighted by Crippen LogP contribution is -1.96. The van der Waals surface area contributed by atoms with Gasteiger partial charge in [-0.3, -0.25) is 10.1 Å². The maximum Gasteiger partial charge on any atom is 0.314 e. The Hall–Kier alpha value is -1.73. The Morgan fingerprint density at radius 1 is 1.20 bits per heavy atom. The van der Waals surface area contributed by atoms with E-state index < -0.39 is 22.2 Å². The zero-order chi connectivity index (χ0) is 14.9. The molecule has 104 valence electrons. The first-order valence-corrected chi connectivity index (χ1v) is 6.32. The Kier molecular flexibility index (Phi) is 4.20. The van der Waals surface area contributed by atoms with Crippen LogP contribution in [-0.2, 0) is 0 Å². The topological polar surface area (TPSA) is 52.4 Å². The smallest absolute Gasteiger partial charge is 0.314 e. The molecule has 0 heterocycles. The van der Waals surface area contributed by atoms with Crippen LogP contribution in [0.25, 0.3) is 0 Å². The molecular weight excluding hydrogens is 359 g/mol. The molecule has 2 aromatic carbocycles. The van der Waals surface area contributed by atoms with Gasteiger partial charge in [-0.05, 0) is 34.1 Å². The van der Waals surface area contributed by atoms with Crippen LogP contribution in [0.1, 0.15) is 0 Å². The fourth-order valence-corrected chi connectivity index (χ4v) is 2.00. The van der Waals surface area contributed by atoms with Crippen molar-refractivity contribution in [1.82, 2.24) is 0 Å². The molecule has 0 amide bonds. The summed E-state index contributed by atoms with van der Waals surface area (Å²) in [5, 5.41) is 10.5. The van der Waals surface area contributed by atoms with Gasteiger partial charge >= 0.3 is 5.69 Å². The minimum absolute atomic E-state index is 0.136. The average molecular weight is 365 g/mol. The second-order valence-corrected chi connectivity index (χ2v) is 4.93. The number of ether oxygens (including phenoxy) is 1. The fourth-order valence-electron chi connectivity index (χ4n) is 1.42. The van der Waals surface area contributed by atoms with E-state index in [1.807, 2.05) is 0 Å². The number of benzene rings is 2. The number of nitrogens with zero attached hydrogens (tertiary/aromatic N) is 1. The third-order valence-corrected chi connectivity index (χ3v) is 3.22. The molecule has 0 aliphatic carbocycles. The lowest BCUT2D eigenvalue weighted by Gasteiger charge is -2.09. The minimum Gasteiger partial charge on any atom is -0.449 e. The zero-order valence-corrected chi connectivity index (χ0v) is 11.9. The molecule has 0 unspecified atom stereocenters. The van der Waals surface area contributed by atoms with E-state index in [0.717, 1.165) is 18.2 Å². The second kappa shape index (κ2) is 5.72. The van der Waals surface area contributed by atoms with E-state index in [2.05, 4.69) is 15.9 Å². The van der Waals surface area contributed by atoms with E-state index in [9.17, 15) is 18.9 Å². The number of halogens is 4. The molecule has 0 fully saturated rings. The standard InChI is InChI=1S/C12H5BrClF2NO3/c13-7-3-6(15)1-2-11(7)20-12-4-8(14)9(16)5-10(12)17(18)19/h1-5H. The molecule has 20 heavy (non-hydrogen) atoms. The van der Waals surface area contributed by atoms with Gasteiger partial charge in [-0.1, -0.05) is 11.6 Å². The van der Waals surface area contributed by atoms with E-state index in [1.165, 1.54) is 6.07 Å². The molecule has 0 bridgehead atoms. The van der Waals surface area contributed by atoms with Crippen LogP contribution in [-0.4, -0.2) is 4.92 Å². The van der Waals surface area contributed by atoms with Crippen molar-refractivity contribution < 1.29 is 18.4 Å². The van der Waals surface area contributed by atoms with Gasteiger partial charge in [-0.2, -0.15) is 0 Å². The molecule has 0 spiro atoms. The van der Waals surface area contributed by atoms with Gasteiger partial charge < -0.3 is 4.74 Å². The third kappa shape index (κ3) is 3.05. The lowest BCUT2D eigenvalue weighted by molar-refractivity contribution is -0.385. The van der Waals surface area contributed by atoms with Gasteiger partial charge in [0.15, 0.2) is 0 Å². The van der Waals surface area contributed by atoms with Crippen LogP contribution < -0.4 is 4.74 Å². The van der Waals surface area contributed by atoms with Gasteiger partial charge in [0.2, 0.25) is 5.75 Å². The van der Waals surface area contributed by atoms with Crippen molar-refractivity contribution in [3.8, 4) is 11.5 Å². The van der Waals surface area contributed by atoms with Crippen molar-refractivity contribution in [3.05, 3.63) is 61.6 Å². The molecule has 0 radical (unpaired) electrons. The number of nitro groups is 1. The summed E-state index contributed by atoms with van der Waals surface area (Å²) >= 11 is 8.63. The molecule has 8 heteroatoms. The van der Waals surface area contributed by atoms with Gasteiger partial charge in [-0.15, -0.1) is 0 Å². The van der Waals surface area contributed by atoms with Gasteiger partial charge in [-0.25, -0.2) is 8.78 Å². The Labute approximate surface area is 125 Å². The predicted octanol–water partition coefficient (Wildman–Crippen LogP) is 5.08. The van der Waals surface area contributed by atoms with Crippen molar-refractivity contribution in [2.75, 3.05) is 0 Å². The summed E-state index contributed by atoms with van der Waals surface area (Å²) in [6.45, 7) is 0. The highest BCUT2D eigenvalue weighted by molar-refractivity contribution is 9.10. The zero-order valence-electron chi connectivity index (χ0n) is 9.57. The Morgan fingerprint density at radius 2 is 1.90 bits per heavy atom. The number of hydrogen-bond acceptors (Lipinski definition) is 3. The number of nitro benzene ring substituents is 1. The van der Waals surface area contributed by atoms with Crippen molar-refractivity contribution >= 4 is 33.2 Å². The van der Waals surface area contributed by atoms with Crippen LogP contribution in [0.5, 0.6) is 11.5 Å². The normalized spacial score (nSPS) is 10.4. The van der Waals surface area contributed by atoms with Gasteiger partial charge in [0.1, 0.15) is 17.4 Å². The highest BCUT2D eigenvalue weighted by Crippen LogP contribution is 2.37. The maximum atomic E-state index is 13.2. The van der Waals surface area contributed by atoms with Crippen molar-refractivity contribution in [2.24, 2.45) is 0 Å². The average Bonchev–Trinajstić information content (AvgIpc) is 2.36. The first kappa shape index (κ1) is 14.7. The van der Waals surface area contributed by atoms with Crippen molar-refractivity contribution in [3.63, 3.8) is 0 Å². The molecule has 0 aromatic heterocycles. The molecule has 4 nitrogen and oxygen atoms in total. The van der Waals surface area contributed by atoms with E-state index >= 15 is 0 Å². The lowest BCUT2D eigenvalue weighted by atomic mass is 10.2. The Bertz CT molecular complexity index is 697. The molecular formula is C12H5BrClF2NO3. The van der Waals surface area contributed by atoms with Gasteiger partial charge in [0.25, 0.3) is 0 Å². The summed E-state index contributed by atoms with van der Waals surface area (Å²) in [7, 11) is 0. The van der Waals surface area contributed by atoms with Crippen molar-refractivity contribution in [1.29, 1.82) is 0 Å². The molecule has 2 rings (SSSR count). The fraction of sp³-hybridized carbons (Fsp3) is 0. The number of hydrogen-bond donors (Lipinski definition) is 0. The number of rotatable bonds is 3. The van der Waals surface area contributed by atoms with Crippen LogP contribution in [0.4, 0.5) is 14.5 Å². The summed E-state index contributed by atoms with van der Waals surface area (Å²) in [6.07, 6.45) is 0. The maximum absolute atomic E-state index is 13.2. The van der Waals surface area contributed by atoms with E-state index in [4.69, 9.17) is 16.3 Å². The largest absolute Gasteiger partial charge is 0.449 e. The van der Waals surface area contributed by atoms with E-state index in [-0.39, 0.29) is 21.0 Å². The van der Waals surface area contributed by atoms with Crippen LogP contribution >= 0.6 is 27.5 Å². The van der Waals surface area contributed by atoms with E-state index in [1.54, 1.807) is 0 Å². The third-order valence-electron chi connectivity index (χ3n) is 2.31. The Morgan fingerprint density at radius 3 is 2.50 bits per heavy atom. The summed E-state index contributed by atoms with van der Waals surface area (Å²) in [4.78, 5) is 10.1. The molecule has 0 atom stereocenters. The van der Waals surface area contributed by atoms with Crippen LogP contribution in [0, 0.1) is 21.7 Å². The first-order chi connectivity index (χ1) is 9.38. The molecule has 2 aromatic rings. The highest BCUT2D eigenvalue weighted by Gasteiger charge is 2.20. The minimum atomic E-state index is -0.927. The van der Waals surface area contributed by atoms with Crippen LogP contribution in [0.2, 0.25) is 5.02 Å². The summed E-state index contributed by atoms with van der Waals surface area (Å²) in [5.41, 5.74) is -0.580. The van der Waals surface area contributed by atoms with Gasteiger partial charge in [0, 0.05) is 6.07 Å². The molecule has 0 N–H and O–H groups in total. The second-order valence-electron chi connectivity index (χ2n) is 3.67. The molecule has 0 aliphatic heterocycles. The Balaban J connectivity index is 2.47. The SMILES string of the molecule is O=[N+]([O-])c1cc(F)c(Cl)cc1Oc1ccc(F)cc1Br. The van der Waals surface area contributed by atoms with Gasteiger partial charge in [0.05, 0.1) is 20.5 Å². The molecule has 0 aliphatic rings. The molecule has 0 saturated carbocycles.